The molecule has 104 valence electrons. The number of amides is 1. The van der Waals surface area contributed by atoms with Crippen LogP contribution < -0.4 is 5.32 Å². The van der Waals surface area contributed by atoms with E-state index in [1.807, 2.05) is 6.07 Å². The zero-order valence-corrected chi connectivity index (χ0v) is 11.2. The predicted molar refractivity (Wildman–Crippen MR) is 71.9 cm³/mol. The van der Waals surface area contributed by atoms with Gasteiger partial charge in [-0.3, -0.25) is 9.48 Å². The van der Waals surface area contributed by atoms with Gasteiger partial charge in [0.2, 0.25) is 0 Å². The summed E-state index contributed by atoms with van der Waals surface area (Å²) in [5.41, 5.74) is 1.03. The SMILES string of the molecule is COC(=O)C(NC(=O)c1ccnn1C)c1ccccc1. The Morgan fingerprint density at radius 1 is 1.25 bits per heavy atom. The highest BCUT2D eigenvalue weighted by atomic mass is 16.5. The number of ether oxygens (including phenoxy) is 1. The van der Waals surface area contributed by atoms with E-state index in [1.165, 1.54) is 18.0 Å². The van der Waals surface area contributed by atoms with Gasteiger partial charge in [-0.15, -0.1) is 0 Å². The van der Waals surface area contributed by atoms with Crippen LogP contribution in [0.15, 0.2) is 42.6 Å². The molecule has 20 heavy (non-hydrogen) atoms. The van der Waals surface area contributed by atoms with Gasteiger partial charge in [0.1, 0.15) is 5.69 Å². The Hall–Kier alpha value is -2.63. The lowest BCUT2D eigenvalue weighted by Crippen LogP contribution is -2.35. The Morgan fingerprint density at radius 2 is 1.95 bits per heavy atom. The van der Waals surface area contributed by atoms with Crippen molar-refractivity contribution in [1.29, 1.82) is 0 Å². The number of hydrogen-bond donors (Lipinski definition) is 1. The van der Waals surface area contributed by atoms with Crippen LogP contribution in [-0.4, -0.2) is 28.8 Å². The number of carbonyl (C=O) groups is 2. The highest BCUT2D eigenvalue weighted by Crippen LogP contribution is 2.15. The first-order chi connectivity index (χ1) is 9.63. The summed E-state index contributed by atoms with van der Waals surface area (Å²) in [5.74, 6) is -0.907. The number of esters is 1. The van der Waals surface area contributed by atoms with Gasteiger partial charge < -0.3 is 10.1 Å². The fourth-order valence-corrected chi connectivity index (χ4v) is 1.84. The number of aryl methyl sites for hydroxylation is 1. The molecule has 1 heterocycles. The third-order valence-corrected chi connectivity index (χ3v) is 2.90. The molecule has 1 amide bonds. The molecule has 0 aliphatic heterocycles. The summed E-state index contributed by atoms with van der Waals surface area (Å²) in [4.78, 5) is 24.0. The van der Waals surface area contributed by atoms with E-state index in [2.05, 4.69) is 10.4 Å². The van der Waals surface area contributed by atoms with Crippen LogP contribution in [0.1, 0.15) is 22.1 Å². The smallest absolute Gasteiger partial charge is 0.333 e. The number of methoxy groups -OCH3 is 1. The molecule has 1 aromatic heterocycles. The number of nitrogens with zero attached hydrogens (tertiary/aromatic N) is 2. The molecule has 1 atom stereocenters. The topological polar surface area (TPSA) is 73.2 Å². The maximum Gasteiger partial charge on any atom is 0.333 e. The number of nitrogens with one attached hydrogen (secondary N) is 1. The van der Waals surface area contributed by atoms with Crippen LogP contribution in [0.4, 0.5) is 0 Å². The molecule has 1 N–H and O–H groups in total. The molecule has 6 heteroatoms. The molecular weight excluding hydrogens is 258 g/mol. The van der Waals surface area contributed by atoms with Crippen molar-refractivity contribution >= 4 is 11.9 Å². The predicted octanol–water partition coefficient (Wildman–Crippen LogP) is 1.06. The quantitative estimate of drug-likeness (QED) is 0.845. The summed E-state index contributed by atoms with van der Waals surface area (Å²) in [7, 11) is 2.94. The van der Waals surface area contributed by atoms with Crippen molar-refractivity contribution in [3.63, 3.8) is 0 Å². The van der Waals surface area contributed by atoms with Crippen LogP contribution in [0, 0.1) is 0 Å². The highest BCUT2D eigenvalue weighted by molar-refractivity contribution is 5.95. The lowest BCUT2D eigenvalue weighted by Gasteiger charge is -2.16. The number of carbonyl (C=O) groups excluding carboxylic acids is 2. The number of hydrogen-bond acceptors (Lipinski definition) is 4. The number of aromatic nitrogens is 2. The summed E-state index contributed by atoms with van der Waals surface area (Å²) in [6.07, 6.45) is 1.52. The van der Waals surface area contributed by atoms with Gasteiger partial charge >= 0.3 is 5.97 Å². The van der Waals surface area contributed by atoms with Crippen LogP contribution >= 0.6 is 0 Å². The van der Waals surface area contributed by atoms with Crippen molar-refractivity contribution in [2.45, 2.75) is 6.04 Å². The van der Waals surface area contributed by atoms with E-state index in [0.717, 1.165) is 0 Å². The van der Waals surface area contributed by atoms with Crippen LogP contribution in [-0.2, 0) is 16.6 Å². The third-order valence-electron chi connectivity index (χ3n) is 2.90. The second kappa shape index (κ2) is 6.01. The molecule has 2 aromatic rings. The zero-order chi connectivity index (χ0) is 14.5. The van der Waals surface area contributed by atoms with Gasteiger partial charge in [-0.2, -0.15) is 5.10 Å². The van der Waals surface area contributed by atoms with Crippen molar-refractivity contribution in [3.05, 3.63) is 53.9 Å². The van der Waals surface area contributed by atoms with Crippen LogP contribution in [0.2, 0.25) is 0 Å². The molecule has 0 saturated heterocycles. The molecule has 6 nitrogen and oxygen atoms in total. The molecule has 0 fully saturated rings. The Morgan fingerprint density at radius 3 is 2.50 bits per heavy atom. The standard InChI is InChI=1S/C14H15N3O3/c1-17-11(8-9-15-17)13(18)16-12(14(19)20-2)10-6-4-3-5-7-10/h3-9,12H,1-2H3,(H,16,18). The second-order valence-electron chi connectivity index (χ2n) is 4.18. The molecule has 0 aliphatic carbocycles. The average molecular weight is 273 g/mol. The van der Waals surface area contributed by atoms with E-state index in [1.54, 1.807) is 37.4 Å². The average Bonchev–Trinajstić information content (AvgIpc) is 2.91. The fourth-order valence-electron chi connectivity index (χ4n) is 1.84. The summed E-state index contributed by atoms with van der Waals surface area (Å²) in [6.45, 7) is 0. The van der Waals surface area contributed by atoms with Crippen molar-refractivity contribution < 1.29 is 14.3 Å². The van der Waals surface area contributed by atoms with Gasteiger partial charge in [-0.25, -0.2) is 4.79 Å². The first-order valence-corrected chi connectivity index (χ1v) is 6.05. The van der Waals surface area contributed by atoms with Gasteiger partial charge in [-0.1, -0.05) is 30.3 Å². The minimum absolute atomic E-state index is 0.370. The van der Waals surface area contributed by atoms with Crippen molar-refractivity contribution in [1.82, 2.24) is 15.1 Å². The van der Waals surface area contributed by atoms with E-state index in [0.29, 0.717) is 11.3 Å². The monoisotopic (exact) mass is 273 g/mol. The van der Waals surface area contributed by atoms with Crippen LogP contribution in [0.25, 0.3) is 0 Å². The fraction of sp³-hybridized carbons (Fsp3) is 0.214. The van der Waals surface area contributed by atoms with E-state index < -0.39 is 12.0 Å². The summed E-state index contributed by atoms with van der Waals surface area (Å²) < 4.78 is 6.18. The van der Waals surface area contributed by atoms with Gasteiger partial charge in [0.05, 0.1) is 7.11 Å². The summed E-state index contributed by atoms with van der Waals surface area (Å²) in [5, 5.41) is 6.58. The minimum Gasteiger partial charge on any atom is -0.467 e. The molecule has 0 radical (unpaired) electrons. The largest absolute Gasteiger partial charge is 0.467 e. The molecule has 1 aromatic carbocycles. The number of rotatable bonds is 4. The normalized spacial score (nSPS) is 11.7. The molecule has 0 spiro atoms. The maximum atomic E-state index is 12.2. The first kappa shape index (κ1) is 13.8. The number of benzene rings is 1. The van der Waals surface area contributed by atoms with E-state index in [9.17, 15) is 9.59 Å². The molecule has 0 saturated carbocycles. The van der Waals surface area contributed by atoms with Gasteiger partial charge in [-0.05, 0) is 11.6 Å². The lowest BCUT2D eigenvalue weighted by molar-refractivity contribution is -0.143. The Labute approximate surface area is 116 Å². The Bertz CT molecular complexity index is 607. The second-order valence-corrected chi connectivity index (χ2v) is 4.18. The zero-order valence-electron chi connectivity index (χ0n) is 11.2. The highest BCUT2D eigenvalue weighted by Gasteiger charge is 2.24. The van der Waals surface area contributed by atoms with Crippen molar-refractivity contribution in [3.8, 4) is 0 Å². The molecule has 1 unspecified atom stereocenters. The van der Waals surface area contributed by atoms with Crippen LogP contribution in [0.5, 0.6) is 0 Å². The summed E-state index contributed by atoms with van der Waals surface area (Å²) >= 11 is 0. The molecular formula is C14H15N3O3. The Kier molecular flexibility index (Phi) is 4.14. The molecule has 0 aliphatic rings. The van der Waals surface area contributed by atoms with Crippen molar-refractivity contribution in [2.75, 3.05) is 7.11 Å². The third kappa shape index (κ3) is 2.85. The van der Waals surface area contributed by atoms with E-state index in [-0.39, 0.29) is 5.91 Å². The van der Waals surface area contributed by atoms with Gasteiger partial charge in [0.25, 0.3) is 5.91 Å². The maximum absolute atomic E-state index is 12.2. The van der Waals surface area contributed by atoms with E-state index in [4.69, 9.17) is 4.74 Å². The van der Waals surface area contributed by atoms with E-state index >= 15 is 0 Å². The first-order valence-electron chi connectivity index (χ1n) is 6.05. The van der Waals surface area contributed by atoms with Gasteiger partial charge in [0, 0.05) is 13.2 Å². The minimum atomic E-state index is -0.844. The van der Waals surface area contributed by atoms with Crippen molar-refractivity contribution in [2.24, 2.45) is 7.05 Å². The Balaban J connectivity index is 2.23. The molecule has 0 bridgehead atoms. The summed E-state index contributed by atoms with van der Waals surface area (Å²) in [6, 6.07) is 9.66. The molecule has 2 rings (SSSR count). The lowest BCUT2D eigenvalue weighted by atomic mass is 10.1. The van der Waals surface area contributed by atoms with Gasteiger partial charge in [0.15, 0.2) is 6.04 Å². The van der Waals surface area contributed by atoms with Crippen LogP contribution in [0.3, 0.4) is 0 Å².